The van der Waals surface area contributed by atoms with Crippen LogP contribution < -0.4 is 5.32 Å². The van der Waals surface area contributed by atoms with Crippen molar-refractivity contribution in [3.63, 3.8) is 0 Å². The highest BCUT2D eigenvalue weighted by atomic mass is 16.2. The molecule has 1 saturated heterocycles. The third-order valence-corrected chi connectivity index (χ3v) is 3.55. The standard InChI is InChI=1S/C16H23N3O2/c1-10(2)8-14-15(20)19(16(21)18-14)9-12-6-5-7-13(17-12)11(3)4/h5-7,10-11,14H,8-9H2,1-4H3,(H,18,21). The molecule has 21 heavy (non-hydrogen) atoms. The molecule has 1 unspecified atom stereocenters. The van der Waals surface area contributed by atoms with Gasteiger partial charge in [0.25, 0.3) is 5.91 Å². The molecular formula is C16H23N3O2. The lowest BCUT2D eigenvalue weighted by atomic mass is 10.0. The predicted molar refractivity (Wildman–Crippen MR) is 80.7 cm³/mol. The van der Waals surface area contributed by atoms with Gasteiger partial charge in [0.1, 0.15) is 6.04 Å². The summed E-state index contributed by atoms with van der Waals surface area (Å²) in [4.78, 5) is 30.0. The molecule has 0 spiro atoms. The highest BCUT2D eigenvalue weighted by molar-refractivity contribution is 6.04. The van der Waals surface area contributed by atoms with Crippen LogP contribution in [0.2, 0.25) is 0 Å². The Balaban J connectivity index is 2.10. The summed E-state index contributed by atoms with van der Waals surface area (Å²) in [5.41, 5.74) is 1.72. The zero-order valence-corrected chi connectivity index (χ0v) is 13.1. The van der Waals surface area contributed by atoms with Crippen LogP contribution in [0.3, 0.4) is 0 Å². The van der Waals surface area contributed by atoms with Gasteiger partial charge in [-0.3, -0.25) is 14.7 Å². The number of carbonyl (C=O) groups excluding carboxylic acids is 2. The number of imide groups is 1. The lowest BCUT2D eigenvalue weighted by Crippen LogP contribution is -2.32. The first-order valence-electron chi connectivity index (χ1n) is 7.46. The van der Waals surface area contributed by atoms with Crippen LogP contribution >= 0.6 is 0 Å². The fourth-order valence-electron chi connectivity index (χ4n) is 2.43. The van der Waals surface area contributed by atoms with Crippen LogP contribution in [0, 0.1) is 5.92 Å². The summed E-state index contributed by atoms with van der Waals surface area (Å²) < 4.78 is 0. The zero-order valence-electron chi connectivity index (χ0n) is 13.1. The van der Waals surface area contributed by atoms with Gasteiger partial charge in [0.2, 0.25) is 0 Å². The van der Waals surface area contributed by atoms with Crippen LogP contribution in [-0.2, 0) is 11.3 Å². The third kappa shape index (κ3) is 3.60. The van der Waals surface area contributed by atoms with Gasteiger partial charge < -0.3 is 5.32 Å². The fourth-order valence-corrected chi connectivity index (χ4v) is 2.43. The van der Waals surface area contributed by atoms with Crippen molar-refractivity contribution in [2.75, 3.05) is 0 Å². The molecule has 2 rings (SSSR count). The van der Waals surface area contributed by atoms with E-state index in [9.17, 15) is 9.59 Å². The summed E-state index contributed by atoms with van der Waals surface area (Å²) in [7, 11) is 0. The lowest BCUT2D eigenvalue weighted by molar-refractivity contribution is -0.128. The van der Waals surface area contributed by atoms with Crippen molar-refractivity contribution < 1.29 is 9.59 Å². The average Bonchev–Trinajstić information content (AvgIpc) is 2.66. The second-order valence-electron chi connectivity index (χ2n) is 6.26. The first-order valence-corrected chi connectivity index (χ1v) is 7.46. The number of urea groups is 1. The summed E-state index contributed by atoms with van der Waals surface area (Å²) in [5, 5.41) is 2.75. The number of pyridine rings is 1. The topological polar surface area (TPSA) is 62.3 Å². The van der Waals surface area contributed by atoms with Crippen LogP contribution in [0.15, 0.2) is 18.2 Å². The van der Waals surface area contributed by atoms with Gasteiger partial charge in [-0.05, 0) is 30.4 Å². The first-order chi connectivity index (χ1) is 9.88. The second kappa shape index (κ2) is 6.24. The van der Waals surface area contributed by atoms with E-state index in [0.717, 1.165) is 11.4 Å². The summed E-state index contributed by atoms with van der Waals surface area (Å²) >= 11 is 0. The summed E-state index contributed by atoms with van der Waals surface area (Å²) in [6, 6.07) is 5.01. The lowest BCUT2D eigenvalue weighted by Gasteiger charge is -2.14. The molecule has 0 aliphatic carbocycles. The SMILES string of the molecule is CC(C)CC1NC(=O)N(Cc2cccc(C(C)C)n2)C1=O. The summed E-state index contributed by atoms with van der Waals surface area (Å²) in [5.74, 6) is 0.536. The zero-order chi connectivity index (χ0) is 15.6. The molecule has 1 fully saturated rings. The highest BCUT2D eigenvalue weighted by Crippen LogP contribution is 2.17. The molecule has 1 aromatic heterocycles. The first kappa shape index (κ1) is 15.5. The minimum Gasteiger partial charge on any atom is -0.326 e. The highest BCUT2D eigenvalue weighted by Gasteiger charge is 2.38. The normalized spacial score (nSPS) is 18.8. The number of amides is 3. The van der Waals surface area contributed by atoms with Crippen LogP contribution in [-0.4, -0.2) is 27.9 Å². The number of carbonyl (C=O) groups is 2. The summed E-state index contributed by atoms with van der Waals surface area (Å²) in [6.07, 6.45) is 0.667. The Labute approximate surface area is 125 Å². The molecule has 114 valence electrons. The Morgan fingerprint density at radius 3 is 2.57 bits per heavy atom. The number of hydrogen-bond acceptors (Lipinski definition) is 3. The van der Waals surface area contributed by atoms with E-state index < -0.39 is 6.04 Å². The van der Waals surface area contributed by atoms with E-state index >= 15 is 0 Å². The van der Waals surface area contributed by atoms with Crippen molar-refractivity contribution >= 4 is 11.9 Å². The molecule has 1 atom stereocenters. The predicted octanol–water partition coefficient (Wildman–Crippen LogP) is 2.67. The Hall–Kier alpha value is -1.91. The van der Waals surface area contributed by atoms with Crippen LogP contribution in [0.5, 0.6) is 0 Å². The molecule has 1 aliphatic heterocycles. The third-order valence-electron chi connectivity index (χ3n) is 3.55. The Morgan fingerprint density at radius 2 is 1.95 bits per heavy atom. The molecule has 1 aliphatic rings. The van der Waals surface area contributed by atoms with Gasteiger partial charge in [0, 0.05) is 5.69 Å². The van der Waals surface area contributed by atoms with E-state index in [1.807, 2.05) is 32.0 Å². The van der Waals surface area contributed by atoms with E-state index in [-0.39, 0.29) is 18.5 Å². The second-order valence-corrected chi connectivity index (χ2v) is 6.26. The fraction of sp³-hybridized carbons (Fsp3) is 0.562. The molecule has 0 bridgehead atoms. The molecule has 0 saturated carbocycles. The Morgan fingerprint density at radius 1 is 1.24 bits per heavy atom. The number of nitrogens with zero attached hydrogens (tertiary/aromatic N) is 2. The monoisotopic (exact) mass is 289 g/mol. The molecule has 0 aromatic carbocycles. The van der Waals surface area contributed by atoms with Gasteiger partial charge in [-0.15, -0.1) is 0 Å². The van der Waals surface area contributed by atoms with E-state index in [4.69, 9.17) is 0 Å². The van der Waals surface area contributed by atoms with Crippen molar-refractivity contribution in [2.45, 2.75) is 52.6 Å². The molecule has 2 heterocycles. The molecule has 1 aromatic rings. The molecule has 3 amide bonds. The van der Waals surface area contributed by atoms with E-state index in [1.54, 1.807) is 0 Å². The van der Waals surface area contributed by atoms with E-state index in [0.29, 0.717) is 18.3 Å². The molecule has 5 heteroatoms. The van der Waals surface area contributed by atoms with Gasteiger partial charge in [0.05, 0.1) is 12.2 Å². The quantitative estimate of drug-likeness (QED) is 0.848. The maximum absolute atomic E-state index is 12.3. The maximum atomic E-state index is 12.3. The molecular weight excluding hydrogens is 266 g/mol. The van der Waals surface area contributed by atoms with Gasteiger partial charge in [-0.1, -0.05) is 33.8 Å². The maximum Gasteiger partial charge on any atom is 0.325 e. The molecule has 5 nitrogen and oxygen atoms in total. The van der Waals surface area contributed by atoms with Gasteiger partial charge in [-0.2, -0.15) is 0 Å². The summed E-state index contributed by atoms with van der Waals surface area (Å²) in [6.45, 7) is 8.45. The van der Waals surface area contributed by atoms with Crippen LogP contribution in [0.25, 0.3) is 0 Å². The number of rotatable bonds is 5. The van der Waals surface area contributed by atoms with E-state index in [2.05, 4.69) is 24.1 Å². The van der Waals surface area contributed by atoms with Crippen LogP contribution in [0.1, 0.15) is 51.4 Å². The van der Waals surface area contributed by atoms with Crippen molar-refractivity contribution in [3.05, 3.63) is 29.6 Å². The molecule has 1 N–H and O–H groups in total. The average molecular weight is 289 g/mol. The van der Waals surface area contributed by atoms with Crippen LogP contribution in [0.4, 0.5) is 4.79 Å². The van der Waals surface area contributed by atoms with Gasteiger partial charge in [0.15, 0.2) is 0 Å². The number of nitrogens with one attached hydrogen (secondary N) is 1. The van der Waals surface area contributed by atoms with Crippen molar-refractivity contribution in [1.82, 2.24) is 15.2 Å². The number of hydrogen-bond donors (Lipinski definition) is 1. The number of aromatic nitrogens is 1. The molecule has 0 radical (unpaired) electrons. The Bertz CT molecular complexity index is 540. The van der Waals surface area contributed by atoms with Crippen molar-refractivity contribution in [1.29, 1.82) is 0 Å². The minimum atomic E-state index is -0.397. The minimum absolute atomic E-state index is 0.148. The van der Waals surface area contributed by atoms with Crippen molar-refractivity contribution in [3.8, 4) is 0 Å². The van der Waals surface area contributed by atoms with Crippen molar-refractivity contribution in [2.24, 2.45) is 5.92 Å². The van der Waals surface area contributed by atoms with Gasteiger partial charge in [-0.25, -0.2) is 4.79 Å². The largest absolute Gasteiger partial charge is 0.326 e. The smallest absolute Gasteiger partial charge is 0.325 e. The van der Waals surface area contributed by atoms with E-state index in [1.165, 1.54) is 4.90 Å². The Kier molecular flexibility index (Phi) is 4.60. The van der Waals surface area contributed by atoms with Gasteiger partial charge >= 0.3 is 6.03 Å².